The Balaban J connectivity index is 2.21. The molecule has 1 fully saturated rings. The van der Waals surface area contributed by atoms with Gasteiger partial charge >= 0.3 is 0 Å². The molecule has 1 aliphatic heterocycles. The number of methoxy groups -OCH3 is 1. The van der Waals surface area contributed by atoms with E-state index in [9.17, 15) is 5.11 Å². The second-order valence-corrected chi connectivity index (χ2v) is 4.78. The number of hydrogen-bond donors (Lipinski definition) is 1. The fourth-order valence-electron chi connectivity index (χ4n) is 2.78. The Bertz CT molecular complexity index is 350. The molecule has 2 atom stereocenters. The van der Waals surface area contributed by atoms with E-state index in [0.717, 1.165) is 18.7 Å². The van der Waals surface area contributed by atoms with E-state index in [0.29, 0.717) is 12.0 Å². The molecular weight excluding hydrogens is 214 g/mol. The summed E-state index contributed by atoms with van der Waals surface area (Å²) in [7, 11) is 3.81. The van der Waals surface area contributed by atoms with Crippen LogP contribution >= 0.6 is 0 Å². The first-order chi connectivity index (χ1) is 8.26. The zero-order valence-corrected chi connectivity index (χ0v) is 10.6. The summed E-state index contributed by atoms with van der Waals surface area (Å²) in [6, 6.07) is 8.53. The van der Waals surface area contributed by atoms with E-state index >= 15 is 0 Å². The van der Waals surface area contributed by atoms with E-state index in [2.05, 4.69) is 24.1 Å². The first-order valence-electron chi connectivity index (χ1n) is 6.21. The van der Waals surface area contributed by atoms with Gasteiger partial charge in [0.2, 0.25) is 0 Å². The second kappa shape index (κ2) is 5.52. The van der Waals surface area contributed by atoms with Crippen LogP contribution in [0.3, 0.4) is 0 Å². The van der Waals surface area contributed by atoms with E-state index in [1.165, 1.54) is 12.0 Å². The average Bonchev–Trinajstić information content (AvgIpc) is 2.38. The molecule has 0 saturated carbocycles. The van der Waals surface area contributed by atoms with Gasteiger partial charge in [0.05, 0.1) is 7.11 Å². The topological polar surface area (TPSA) is 32.7 Å². The summed E-state index contributed by atoms with van der Waals surface area (Å²) < 4.78 is 5.17. The number of ether oxygens (including phenoxy) is 1. The van der Waals surface area contributed by atoms with Crippen molar-refractivity contribution in [3.05, 3.63) is 29.8 Å². The number of nitrogens with zero attached hydrogens (tertiary/aromatic N) is 1. The van der Waals surface area contributed by atoms with Gasteiger partial charge in [-0.05, 0) is 44.1 Å². The number of piperidine rings is 1. The molecule has 94 valence electrons. The molecule has 0 bridgehead atoms. The molecule has 2 rings (SSSR count). The van der Waals surface area contributed by atoms with Gasteiger partial charge in [0, 0.05) is 18.6 Å². The molecule has 0 aliphatic carbocycles. The molecule has 1 N–H and O–H groups in total. The zero-order valence-electron chi connectivity index (χ0n) is 10.6. The number of likely N-dealkylation sites (tertiary alicyclic amines) is 1. The number of benzene rings is 1. The number of hydrogen-bond acceptors (Lipinski definition) is 3. The van der Waals surface area contributed by atoms with Crippen LogP contribution in [0.1, 0.15) is 24.4 Å². The van der Waals surface area contributed by atoms with Crippen LogP contribution in [0, 0.1) is 5.92 Å². The maximum atomic E-state index is 9.49. The minimum Gasteiger partial charge on any atom is -0.497 e. The lowest BCUT2D eigenvalue weighted by Gasteiger charge is -2.38. The molecule has 0 spiro atoms. The summed E-state index contributed by atoms with van der Waals surface area (Å²) in [4.78, 5) is 2.34. The van der Waals surface area contributed by atoms with Gasteiger partial charge in [-0.2, -0.15) is 0 Å². The van der Waals surface area contributed by atoms with Crippen molar-refractivity contribution in [3.63, 3.8) is 0 Å². The van der Waals surface area contributed by atoms with E-state index < -0.39 is 0 Å². The largest absolute Gasteiger partial charge is 0.497 e. The third kappa shape index (κ3) is 2.61. The normalized spacial score (nSPS) is 25.8. The van der Waals surface area contributed by atoms with Crippen LogP contribution in [0.5, 0.6) is 5.75 Å². The average molecular weight is 235 g/mol. The predicted molar refractivity (Wildman–Crippen MR) is 68.2 cm³/mol. The zero-order chi connectivity index (χ0) is 12.3. The Kier molecular flexibility index (Phi) is 4.02. The summed E-state index contributed by atoms with van der Waals surface area (Å²) in [6.07, 6.45) is 2.28. The smallest absolute Gasteiger partial charge is 0.118 e. The molecule has 0 amide bonds. The van der Waals surface area contributed by atoms with Crippen molar-refractivity contribution in [2.45, 2.75) is 18.9 Å². The Morgan fingerprint density at radius 1 is 1.35 bits per heavy atom. The van der Waals surface area contributed by atoms with Crippen molar-refractivity contribution < 1.29 is 9.84 Å². The lowest BCUT2D eigenvalue weighted by Crippen LogP contribution is -2.37. The lowest BCUT2D eigenvalue weighted by molar-refractivity contribution is 0.0742. The molecule has 3 heteroatoms. The van der Waals surface area contributed by atoms with Crippen molar-refractivity contribution in [1.29, 1.82) is 0 Å². The molecule has 1 heterocycles. The quantitative estimate of drug-likeness (QED) is 0.870. The van der Waals surface area contributed by atoms with Gasteiger partial charge < -0.3 is 9.84 Å². The molecule has 3 nitrogen and oxygen atoms in total. The van der Waals surface area contributed by atoms with Crippen LogP contribution in [0.2, 0.25) is 0 Å². The Morgan fingerprint density at radius 3 is 2.65 bits per heavy atom. The van der Waals surface area contributed by atoms with E-state index in [1.54, 1.807) is 7.11 Å². The van der Waals surface area contributed by atoms with Crippen molar-refractivity contribution in [1.82, 2.24) is 4.90 Å². The van der Waals surface area contributed by atoms with Crippen LogP contribution in [0.25, 0.3) is 0 Å². The van der Waals surface area contributed by atoms with Crippen molar-refractivity contribution in [3.8, 4) is 5.75 Å². The highest BCUT2D eigenvalue weighted by atomic mass is 16.5. The summed E-state index contributed by atoms with van der Waals surface area (Å²) in [5, 5.41) is 9.49. The first-order valence-corrected chi connectivity index (χ1v) is 6.21. The minimum atomic E-state index is 0.265. The Hall–Kier alpha value is -1.06. The molecule has 1 aromatic rings. The number of aliphatic hydroxyl groups is 1. The first kappa shape index (κ1) is 12.4. The van der Waals surface area contributed by atoms with Gasteiger partial charge in [-0.1, -0.05) is 12.1 Å². The van der Waals surface area contributed by atoms with Crippen LogP contribution < -0.4 is 4.74 Å². The summed E-state index contributed by atoms with van der Waals surface area (Å²) in [5.74, 6) is 1.23. The Labute approximate surface area is 103 Å². The van der Waals surface area contributed by atoms with Gasteiger partial charge in [-0.25, -0.2) is 0 Å². The fraction of sp³-hybridized carbons (Fsp3) is 0.571. The molecule has 17 heavy (non-hydrogen) atoms. The number of aliphatic hydroxyl groups excluding tert-OH is 1. The SMILES string of the molecule is COc1ccc([C@@H]2[C@H](CO)CCCN2C)cc1. The molecular formula is C14H21NO2. The van der Waals surface area contributed by atoms with Crippen LogP contribution in [-0.4, -0.2) is 37.3 Å². The highest BCUT2D eigenvalue weighted by molar-refractivity contribution is 5.29. The van der Waals surface area contributed by atoms with E-state index in [1.807, 2.05) is 12.1 Å². The highest BCUT2D eigenvalue weighted by Gasteiger charge is 2.29. The van der Waals surface area contributed by atoms with Crippen molar-refractivity contribution >= 4 is 0 Å². The standard InChI is InChI=1S/C14H21NO2/c1-15-9-3-4-12(10-16)14(15)11-5-7-13(17-2)8-6-11/h5-8,12,14,16H,3-4,9-10H2,1-2H3/t12-,14+/m0/s1. The lowest BCUT2D eigenvalue weighted by atomic mass is 9.85. The van der Waals surface area contributed by atoms with Gasteiger partial charge in [0.1, 0.15) is 5.75 Å². The van der Waals surface area contributed by atoms with Crippen LogP contribution in [0.4, 0.5) is 0 Å². The molecule has 0 unspecified atom stereocenters. The fourth-order valence-corrected chi connectivity index (χ4v) is 2.78. The molecule has 1 aliphatic rings. The highest BCUT2D eigenvalue weighted by Crippen LogP contribution is 2.35. The molecule has 1 aromatic carbocycles. The van der Waals surface area contributed by atoms with Gasteiger partial charge in [-0.3, -0.25) is 4.90 Å². The van der Waals surface area contributed by atoms with Crippen molar-refractivity contribution in [2.75, 3.05) is 27.3 Å². The summed E-state index contributed by atoms with van der Waals surface area (Å²) >= 11 is 0. The van der Waals surface area contributed by atoms with Crippen molar-refractivity contribution in [2.24, 2.45) is 5.92 Å². The summed E-state index contributed by atoms with van der Waals surface area (Å²) in [5.41, 5.74) is 1.27. The third-order valence-corrected chi connectivity index (χ3v) is 3.70. The van der Waals surface area contributed by atoms with Gasteiger partial charge in [0.25, 0.3) is 0 Å². The monoisotopic (exact) mass is 235 g/mol. The Morgan fingerprint density at radius 2 is 2.06 bits per heavy atom. The summed E-state index contributed by atoms with van der Waals surface area (Å²) in [6.45, 7) is 1.37. The third-order valence-electron chi connectivity index (χ3n) is 3.70. The molecule has 0 radical (unpaired) electrons. The number of rotatable bonds is 3. The maximum absolute atomic E-state index is 9.49. The minimum absolute atomic E-state index is 0.265. The maximum Gasteiger partial charge on any atom is 0.118 e. The predicted octanol–water partition coefficient (Wildman–Crippen LogP) is 2.07. The molecule has 0 aromatic heterocycles. The van der Waals surface area contributed by atoms with E-state index in [-0.39, 0.29) is 6.61 Å². The van der Waals surface area contributed by atoms with E-state index in [4.69, 9.17) is 4.74 Å². The van der Waals surface area contributed by atoms with Gasteiger partial charge in [-0.15, -0.1) is 0 Å². The second-order valence-electron chi connectivity index (χ2n) is 4.78. The van der Waals surface area contributed by atoms with Crippen LogP contribution in [-0.2, 0) is 0 Å². The van der Waals surface area contributed by atoms with Crippen LogP contribution in [0.15, 0.2) is 24.3 Å². The van der Waals surface area contributed by atoms with Gasteiger partial charge in [0.15, 0.2) is 0 Å². The molecule has 1 saturated heterocycles.